The highest BCUT2D eigenvalue weighted by molar-refractivity contribution is 4.99. The molecule has 0 saturated heterocycles. The molecule has 0 aliphatic rings. The van der Waals surface area contributed by atoms with E-state index < -0.39 is 0 Å². The maximum atomic E-state index is 4.13. The Morgan fingerprint density at radius 3 is 2.40 bits per heavy atom. The van der Waals surface area contributed by atoms with E-state index in [1.54, 1.807) is 6.20 Å². The molecule has 0 aliphatic heterocycles. The van der Waals surface area contributed by atoms with Crippen molar-refractivity contribution in [3.8, 4) is 0 Å². The quantitative estimate of drug-likeness (QED) is 0.593. The van der Waals surface area contributed by atoms with Crippen LogP contribution in [-0.4, -0.2) is 9.97 Å². The maximum absolute atomic E-state index is 4.13. The lowest BCUT2D eigenvalue weighted by Crippen LogP contribution is -1.89. The summed E-state index contributed by atoms with van der Waals surface area (Å²) in [4.78, 5) is 8.22. The Morgan fingerprint density at radius 1 is 1.30 bits per heavy atom. The molecule has 0 unspecified atom stereocenters. The lowest BCUT2D eigenvalue weighted by molar-refractivity contribution is 0.977. The average molecular weight is 138 g/mol. The van der Waals surface area contributed by atoms with Crippen LogP contribution in [0.25, 0.3) is 0 Å². The zero-order valence-electron chi connectivity index (χ0n) is 5.76. The lowest BCUT2D eigenvalue weighted by Gasteiger charge is -1.92. The summed E-state index contributed by atoms with van der Waals surface area (Å²) in [6.07, 6.45) is 4.57. The molecule has 1 aromatic heterocycles. The van der Waals surface area contributed by atoms with Crippen molar-refractivity contribution in [1.82, 2.24) is 9.97 Å². The molecular weight excluding hydrogens is 124 g/mol. The van der Waals surface area contributed by atoms with Crippen LogP contribution in [0.15, 0.2) is 12.4 Å². The minimum Gasteiger partial charge on any atom is -0.258 e. The fourth-order valence-corrected chi connectivity index (χ4v) is 0.602. The summed E-state index contributed by atoms with van der Waals surface area (Å²) in [7, 11) is 0. The van der Waals surface area contributed by atoms with E-state index in [1.165, 1.54) is 0 Å². The van der Waals surface area contributed by atoms with Crippen molar-refractivity contribution in [2.45, 2.75) is 27.7 Å². The summed E-state index contributed by atoms with van der Waals surface area (Å²) in [5.41, 5.74) is 2.04. The monoisotopic (exact) mass is 138 g/mol. The van der Waals surface area contributed by atoms with Crippen molar-refractivity contribution in [3.05, 3.63) is 23.8 Å². The van der Waals surface area contributed by atoms with Crippen molar-refractivity contribution < 1.29 is 0 Å². The third-order valence-corrected chi connectivity index (χ3v) is 1.20. The number of aryl methyl sites for hydroxylation is 2. The van der Waals surface area contributed by atoms with E-state index in [0.29, 0.717) is 0 Å². The molecule has 1 rings (SSSR count). The first-order valence-electron chi connectivity index (χ1n) is 3.10. The Kier molecular flexibility index (Phi) is 3.62. The molecule has 0 bridgehead atoms. The molecule has 0 atom stereocenters. The molecule has 2 nitrogen and oxygen atoms in total. The van der Waals surface area contributed by atoms with E-state index in [2.05, 4.69) is 16.9 Å². The molecule has 0 N–H and O–H groups in total. The number of hydrogen-bond donors (Lipinski definition) is 0. The summed E-state index contributed by atoms with van der Waals surface area (Å²) in [6.45, 7) is 4.01. The van der Waals surface area contributed by atoms with Crippen LogP contribution in [0.1, 0.15) is 25.7 Å². The first-order chi connectivity index (χ1) is 4.33. The van der Waals surface area contributed by atoms with Gasteiger partial charge >= 0.3 is 0 Å². The molecule has 0 radical (unpaired) electrons. The first kappa shape index (κ1) is 9.08. The van der Waals surface area contributed by atoms with Crippen molar-refractivity contribution >= 4 is 0 Å². The van der Waals surface area contributed by atoms with Crippen LogP contribution in [0.2, 0.25) is 0 Å². The number of hydrogen-bond acceptors (Lipinski definition) is 2. The van der Waals surface area contributed by atoms with Crippen LogP contribution in [-0.2, 0) is 6.42 Å². The molecule has 0 amide bonds. The van der Waals surface area contributed by atoms with Crippen molar-refractivity contribution in [1.29, 1.82) is 0 Å². The minimum atomic E-state index is 0. The van der Waals surface area contributed by atoms with Crippen LogP contribution in [0.5, 0.6) is 0 Å². The molecule has 2 heteroatoms. The molecule has 0 saturated carbocycles. The van der Waals surface area contributed by atoms with Gasteiger partial charge in [0.2, 0.25) is 0 Å². The second-order valence-electron chi connectivity index (χ2n) is 2.00. The standard InChI is InChI=1S/C7H10N2.CH4/c1-3-7-5-8-6(2)4-9-7;/h4-5H,3H2,1-2H3;1H4. The van der Waals surface area contributed by atoms with E-state index in [1.807, 2.05) is 13.1 Å². The highest BCUT2D eigenvalue weighted by atomic mass is 14.8. The van der Waals surface area contributed by atoms with Crippen LogP contribution in [0.3, 0.4) is 0 Å². The molecule has 1 aromatic rings. The third-order valence-electron chi connectivity index (χ3n) is 1.20. The normalized spacial score (nSPS) is 8.60. The predicted molar refractivity (Wildman–Crippen MR) is 42.9 cm³/mol. The molecule has 0 aromatic carbocycles. The van der Waals surface area contributed by atoms with Gasteiger partial charge in [-0.15, -0.1) is 0 Å². The smallest absolute Gasteiger partial charge is 0.0584 e. The van der Waals surface area contributed by atoms with E-state index in [0.717, 1.165) is 17.8 Å². The highest BCUT2D eigenvalue weighted by Gasteiger charge is 1.87. The number of aromatic nitrogens is 2. The van der Waals surface area contributed by atoms with E-state index in [4.69, 9.17) is 0 Å². The van der Waals surface area contributed by atoms with E-state index in [9.17, 15) is 0 Å². The molecular formula is C8H14N2. The van der Waals surface area contributed by atoms with Gasteiger partial charge in [-0.05, 0) is 13.3 Å². The summed E-state index contributed by atoms with van der Waals surface area (Å²) < 4.78 is 0. The van der Waals surface area contributed by atoms with Gasteiger partial charge in [0.25, 0.3) is 0 Å². The lowest BCUT2D eigenvalue weighted by atomic mass is 10.3. The predicted octanol–water partition coefficient (Wildman–Crippen LogP) is 1.98. The SMILES string of the molecule is C.CCc1cnc(C)cn1. The summed E-state index contributed by atoms with van der Waals surface area (Å²) in [5.74, 6) is 0. The number of rotatable bonds is 1. The molecule has 56 valence electrons. The second kappa shape index (κ2) is 3.99. The Labute approximate surface area is 62.3 Å². The van der Waals surface area contributed by atoms with Gasteiger partial charge in [0.1, 0.15) is 0 Å². The fourth-order valence-electron chi connectivity index (χ4n) is 0.602. The molecule has 0 spiro atoms. The van der Waals surface area contributed by atoms with Gasteiger partial charge < -0.3 is 0 Å². The summed E-state index contributed by atoms with van der Waals surface area (Å²) in [6, 6.07) is 0. The van der Waals surface area contributed by atoms with Crippen LogP contribution >= 0.6 is 0 Å². The van der Waals surface area contributed by atoms with Crippen LogP contribution in [0, 0.1) is 6.92 Å². The van der Waals surface area contributed by atoms with Crippen molar-refractivity contribution in [3.63, 3.8) is 0 Å². The molecule has 10 heavy (non-hydrogen) atoms. The Hall–Kier alpha value is -0.920. The zero-order chi connectivity index (χ0) is 6.69. The minimum absolute atomic E-state index is 0. The van der Waals surface area contributed by atoms with E-state index in [-0.39, 0.29) is 7.43 Å². The van der Waals surface area contributed by atoms with Crippen molar-refractivity contribution in [2.75, 3.05) is 0 Å². The van der Waals surface area contributed by atoms with E-state index >= 15 is 0 Å². The average Bonchev–Trinajstić information content (AvgIpc) is 1.90. The Morgan fingerprint density at radius 2 is 2.00 bits per heavy atom. The van der Waals surface area contributed by atoms with Gasteiger partial charge in [0.05, 0.1) is 11.4 Å². The van der Waals surface area contributed by atoms with Gasteiger partial charge in [0, 0.05) is 12.4 Å². The summed E-state index contributed by atoms with van der Waals surface area (Å²) >= 11 is 0. The Bertz CT molecular complexity index is 179. The van der Waals surface area contributed by atoms with Crippen LogP contribution < -0.4 is 0 Å². The van der Waals surface area contributed by atoms with Crippen LogP contribution in [0.4, 0.5) is 0 Å². The molecule has 0 aliphatic carbocycles. The first-order valence-corrected chi connectivity index (χ1v) is 3.10. The number of nitrogens with zero attached hydrogens (tertiary/aromatic N) is 2. The maximum Gasteiger partial charge on any atom is 0.0584 e. The topological polar surface area (TPSA) is 25.8 Å². The summed E-state index contributed by atoms with van der Waals surface area (Å²) in [5, 5.41) is 0. The largest absolute Gasteiger partial charge is 0.258 e. The second-order valence-corrected chi connectivity index (χ2v) is 2.00. The van der Waals surface area contributed by atoms with Gasteiger partial charge in [0.15, 0.2) is 0 Å². The van der Waals surface area contributed by atoms with Gasteiger partial charge in [-0.3, -0.25) is 9.97 Å². The third kappa shape index (κ3) is 2.13. The van der Waals surface area contributed by atoms with Gasteiger partial charge in [-0.1, -0.05) is 14.4 Å². The Balaban J connectivity index is 0.000000810. The fraction of sp³-hybridized carbons (Fsp3) is 0.500. The van der Waals surface area contributed by atoms with Gasteiger partial charge in [-0.25, -0.2) is 0 Å². The zero-order valence-corrected chi connectivity index (χ0v) is 5.76. The van der Waals surface area contributed by atoms with Crippen molar-refractivity contribution in [2.24, 2.45) is 0 Å². The molecule has 1 heterocycles. The van der Waals surface area contributed by atoms with Gasteiger partial charge in [-0.2, -0.15) is 0 Å². The highest BCUT2D eigenvalue weighted by Crippen LogP contribution is 1.92. The molecule has 0 fully saturated rings.